The average Bonchev–Trinajstić information content (AvgIpc) is 2.71. The van der Waals surface area contributed by atoms with Gasteiger partial charge in [0.15, 0.2) is 11.5 Å². The third kappa shape index (κ3) is 2.64. The molecule has 0 spiro atoms. The van der Waals surface area contributed by atoms with Gasteiger partial charge in [-0.05, 0) is 45.8 Å². The number of hydrogen-bond acceptors (Lipinski definition) is 4. The first kappa shape index (κ1) is 13.4. The van der Waals surface area contributed by atoms with Crippen molar-refractivity contribution < 1.29 is 14.6 Å². The van der Waals surface area contributed by atoms with Gasteiger partial charge in [0.25, 0.3) is 0 Å². The summed E-state index contributed by atoms with van der Waals surface area (Å²) in [7, 11) is 0. The number of rotatable bonds is 2. The van der Waals surface area contributed by atoms with Crippen LogP contribution in [0.5, 0.6) is 11.5 Å². The molecule has 1 aromatic heterocycles. The number of benzene rings is 1. The molecule has 0 amide bonds. The number of aromatic nitrogens is 1. The molecule has 4 nitrogen and oxygen atoms in total. The number of ether oxygens (including phenoxy) is 2. The highest BCUT2D eigenvalue weighted by Crippen LogP contribution is 2.34. The molecule has 1 aliphatic heterocycles. The van der Waals surface area contributed by atoms with Crippen LogP contribution in [0.25, 0.3) is 0 Å². The number of halogens is 1. The van der Waals surface area contributed by atoms with Crippen molar-refractivity contribution in [3.8, 4) is 11.5 Å². The SMILES string of the molecule is OC(c1ccc2c(c1)OCCCO2)c1ncccc1Br. The Labute approximate surface area is 125 Å². The van der Waals surface area contributed by atoms with Gasteiger partial charge in [-0.15, -0.1) is 0 Å². The smallest absolute Gasteiger partial charge is 0.161 e. The van der Waals surface area contributed by atoms with E-state index >= 15 is 0 Å². The van der Waals surface area contributed by atoms with Crippen LogP contribution >= 0.6 is 15.9 Å². The first-order valence-corrected chi connectivity index (χ1v) is 7.23. The van der Waals surface area contributed by atoms with E-state index in [2.05, 4.69) is 20.9 Å². The fourth-order valence-electron chi connectivity index (χ4n) is 2.11. The fraction of sp³-hybridized carbons (Fsp3) is 0.267. The van der Waals surface area contributed by atoms with Crippen LogP contribution in [0.15, 0.2) is 41.0 Å². The highest BCUT2D eigenvalue weighted by Gasteiger charge is 2.18. The van der Waals surface area contributed by atoms with Crippen LogP contribution in [0, 0.1) is 0 Å². The summed E-state index contributed by atoms with van der Waals surface area (Å²) in [5.74, 6) is 1.39. The number of aliphatic hydroxyl groups excluding tert-OH is 1. The van der Waals surface area contributed by atoms with E-state index in [1.165, 1.54) is 0 Å². The summed E-state index contributed by atoms with van der Waals surface area (Å²) >= 11 is 3.40. The highest BCUT2D eigenvalue weighted by molar-refractivity contribution is 9.10. The fourth-order valence-corrected chi connectivity index (χ4v) is 2.58. The molecular formula is C15H14BrNO3. The van der Waals surface area contributed by atoms with E-state index in [4.69, 9.17) is 9.47 Å². The molecule has 0 saturated heterocycles. The first-order chi connectivity index (χ1) is 9.75. The topological polar surface area (TPSA) is 51.6 Å². The van der Waals surface area contributed by atoms with Gasteiger partial charge in [0.2, 0.25) is 0 Å². The molecule has 2 heterocycles. The molecule has 20 heavy (non-hydrogen) atoms. The van der Waals surface area contributed by atoms with E-state index in [0.717, 1.165) is 22.2 Å². The van der Waals surface area contributed by atoms with Crippen molar-refractivity contribution in [1.29, 1.82) is 0 Å². The zero-order chi connectivity index (χ0) is 13.9. The Kier molecular flexibility index (Phi) is 3.89. The molecule has 1 unspecified atom stereocenters. The van der Waals surface area contributed by atoms with Gasteiger partial charge in [0.05, 0.1) is 18.9 Å². The Hall–Kier alpha value is -1.59. The second-order valence-corrected chi connectivity index (χ2v) is 5.38. The summed E-state index contributed by atoms with van der Waals surface area (Å²) < 4.78 is 12.0. The van der Waals surface area contributed by atoms with E-state index in [0.29, 0.717) is 24.7 Å². The zero-order valence-corrected chi connectivity index (χ0v) is 12.3. The molecule has 0 radical (unpaired) electrons. The van der Waals surface area contributed by atoms with Crippen LogP contribution in [0.1, 0.15) is 23.8 Å². The van der Waals surface area contributed by atoms with E-state index in [-0.39, 0.29) is 0 Å². The lowest BCUT2D eigenvalue weighted by Crippen LogP contribution is -2.04. The standard InChI is InChI=1S/C15H14BrNO3/c16-11-3-1-6-17-14(11)15(18)10-4-5-12-13(9-10)20-8-2-7-19-12/h1,3-6,9,15,18H,2,7-8H2. The van der Waals surface area contributed by atoms with Gasteiger partial charge in [0.1, 0.15) is 6.10 Å². The van der Waals surface area contributed by atoms with Crippen LogP contribution < -0.4 is 9.47 Å². The maximum atomic E-state index is 10.5. The molecule has 2 aromatic rings. The predicted octanol–water partition coefficient (Wildman–Crippen LogP) is 3.09. The minimum Gasteiger partial charge on any atom is -0.490 e. The molecular weight excluding hydrogens is 322 g/mol. The molecule has 0 saturated carbocycles. The van der Waals surface area contributed by atoms with Crippen LogP contribution in [0.4, 0.5) is 0 Å². The van der Waals surface area contributed by atoms with Gasteiger partial charge in [-0.2, -0.15) is 0 Å². The van der Waals surface area contributed by atoms with E-state index in [1.807, 2.05) is 30.3 Å². The molecule has 1 N–H and O–H groups in total. The van der Waals surface area contributed by atoms with Gasteiger partial charge in [-0.25, -0.2) is 0 Å². The Morgan fingerprint density at radius 3 is 2.75 bits per heavy atom. The Bertz CT molecular complexity index is 618. The third-order valence-electron chi connectivity index (χ3n) is 3.13. The molecule has 0 fully saturated rings. The summed E-state index contributed by atoms with van der Waals surface area (Å²) in [6, 6.07) is 9.14. The van der Waals surface area contributed by atoms with Crippen LogP contribution in [-0.2, 0) is 0 Å². The maximum absolute atomic E-state index is 10.5. The van der Waals surface area contributed by atoms with Crippen LogP contribution in [0.3, 0.4) is 0 Å². The van der Waals surface area contributed by atoms with Crippen LogP contribution in [0.2, 0.25) is 0 Å². The minimum atomic E-state index is -0.803. The zero-order valence-electron chi connectivity index (χ0n) is 10.8. The number of pyridine rings is 1. The summed E-state index contributed by atoms with van der Waals surface area (Å²) in [5.41, 5.74) is 1.32. The van der Waals surface area contributed by atoms with Gasteiger partial charge in [0, 0.05) is 17.1 Å². The molecule has 1 atom stereocenters. The molecule has 104 valence electrons. The normalized spacial score (nSPS) is 15.5. The Morgan fingerprint density at radius 1 is 1.15 bits per heavy atom. The minimum absolute atomic E-state index is 0.585. The maximum Gasteiger partial charge on any atom is 0.161 e. The summed E-state index contributed by atoms with van der Waals surface area (Å²) in [4.78, 5) is 4.22. The van der Waals surface area contributed by atoms with Crippen molar-refractivity contribution in [2.75, 3.05) is 13.2 Å². The summed E-state index contributed by atoms with van der Waals surface area (Å²) in [5, 5.41) is 10.5. The van der Waals surface area contributed by atoms with Crippen molar-refractivity contribution in [1.82, 2.24) is 4.98 Å². The van der Waals surface area contributed by atoms with E-state index < -0.39 is 6.10 Å². The molecule has 0 bridgehead atoms. The van der Waals surface area contributed by atoms with Gasteiger partial charge in [-0.3, -0.25) is 4.98 Å². The van der Waals surface area contributed by atoms with Crippen molar-refractivity contribution in [2.24, 2.45) is 0 Å². The quantitative estimate of drug-likeness (QED) is 0.916. The highest BCUT2D eigenvalue weighted by atomic mass is 79.9. The predicted molar refractivity (Wildman–Crippen MR) is 78.0 cm³/mol. The van der Waals surface area contributed by atoms with Crippen molar-refractivity contribution in [2.45, 2.75) is 12.5 Å². The van der Waals surface area contributed by atoms with E-state index in [1.54, 1.807) is 6.20 Å². The summed E-state index contributed by atoms with van der Waals surface area (Å²) in [6.45, 7) is 1.28. The van der Waals surface area contributed by atoms with Gasteiger partial charge < -0.3 is 14.6 Å². The monoisotopic (exact) mass is 335 g/mol. The number of aliphatic hydroxyl groups is 1. The van der Waals surface area contributed by atoms with Gasteiger partial charge in [-0.1, -0.05) is 6.07 Å². The largest absolute Gasteiger partial charge is 0.490 e. The average molecular weight is 336 g/mol. The van der Waals surface area contributed by atoms with Crippen molar-refractivity contribution in [3.63, 3.8) is 0 Å². The van der Waals surface area contributed by atoms with Gasteiger partial charge >= 0.3 is 0 Å². The molecule has 1 aromatic carbocycles. The lowest BCUT2D eigenvalue weighted by Gasteiger charge is -2.14. The van der Waals surface area contributed by atoms with Crippen molar-refractivity contribution in [3.05, 3.63) is 52.3 Å². The van der Waals surface area contributed by atoms with Crippen molar-refractivity contribution >= 4 is 15.9 Å². The summed E-state index contributed by atoms with van der Waals surface area (Å²) in [6.07, 6.45) is 1.72. The Balaban J connectivity index is 1.94. The number of nitrogens with zero attached hydrogens (tertiary/aromatic N) is 1. The van der Waals surface area contributed by atoms with Crippen LogP contribution in [-0.4, -0.2) is 23.3 Å². The molecule has 1 aliphatic rings. The third-order valence-corrected chi connectivity index (χ3v) is 3.80. The lowest BCUT2D eigenvalue weighted by atomic mass is 10.1. The molecule has 3 rings (SSSR count). The molecule has 5 heteroatoms. The number of hydrogen-bond donors (Lipinski definition) is 1. The molecule has 0 aliphatic carbocycles. The Morgan fingerprint density at radius 2 is 1.95 bits per heavy atom. The second kappa shape index (κ2) is 5.81. The first-order valence-electron chi connectivity index (χ1n) is 6.44. The number of fused-ring (bicyclic) bond motifs is 1. The second-order valence-electron chi connectivity index (χ2n) is 4.53. The van der Waals surface area contributed by atoms with E-state index in [9.17, 15) is 5.11 Å². The lowest BCUT2D eigenvalue weighted by molar-refractivity contribution is 0.213.